The lowest BCUT2D eigenvalue weighted by Crippen LogP contribution is -2.16. The first-order valence-electron chi connectivity index (χ1n) is 3.26. The molecular weight excluding hydrogens is 220 g/mol. The molecule has 0 heterocycles. The van der Waals surface area contributed by atoms with Crippen molar-refractivity contribution in [1.82, 2.24) is 0 Å². The molecule has 0 radical (unpaired) electrons. The van der Waals surface area contributed by atoms with Crippen LogP contribution in [-0.2, 0) is 14.9 Å². The fraction of sp³-hybridized carbons (Fsp3) is 1.00. The third-order valence-electron chi connectivity index (χ3n) is 0.999. The smallest absolute Gasteiger partial charge is 0.0968 e. The van der Waals surface area contributed by atoms with Crippen LogP contribution < -0.4 is 0 Å². The summed E-state index contributed by atoms with van der Waals surface area (Å²) in [5, 5.41) is -0.0253. The van der Waals surface area contributed by atoms with Gasteiger partial charge in [0, 0.05) is 11.0 Å². The van der Waals surface area contributed by atoms with E-state index in [1.54, 1.807) is 0 Å². The summed E-state index contributed by atoms with van der Waals surface area (Å²) in [6, 6.07) is 0. The Morgan fingerprint density at radius 2 is 2.08 bits per heavy atom. The summed E-state index contributed by atoms with van der Waals surface area (Å²) in [6.07, 6.45) is 0. The first-order valence-corrected chi connectivity index (χ1v) is 5.98. The standard InChI is InChI=1S/C5H12O4S3/c6-12(7,8)2-1-9-3-5(11)4-10/h5,10-11H,1-4H2,(H,6,7,8)/p-1. The molecule has 0 amide bonds. The largest absolute Gasteiger partial charge is 0.748 e. The number of rotatable bonds is 6. The third kappa shape index (κ3) is 8.66. The zero-order valence-electron chi connectivity index (χ0n) is 6.34. The van der Waals surface area contributed by atoms with Crippen molar-refractivity contribution in [3.63, 3.8) is 0 Å². The summed E-state index contributed by atoms with van der Waals surface area (Å²) in [4.78, 5) is 0. The Morgan fingerprint density at radius 1 is 1.50 bits per heavy atom. The van der Waals surface area contributed by atoms with Crippen molar-refractivity contribution in [2.75, 3.05) is 24.7 Å². The molecule has 1 unspecified atom stereocenters. The summed E-state index contributed by atoms with van der Waals surface area (Å²) in [5.74, 6) is 0.0628. The fourth-order valence-electron chi connectivity index (χ4n) is 0.433. The van der Waals surface area contributed by atoms with Gasteiger partial charge >= 0.3 is 0 Å². The molecule has 0 fully saturated rings. The summed E-state index contributed by atoms with van der Waals surface area (Å²) < 4.78 is 35.1. The van der Waals surface area contributed by atoms with Gasteiger partial charge in [0.15, 0.2) is 0 Å². The minimum absolute atomic E-state index is 0.0253. The van der Waals surface area contributed by atoms with Gasteiger partial charge in [0.05, 0.1) is 29.1 Å². The van der Waals surface area contributed by atoms with Crippen molar-refractivity contribution >= 4 is 35.4 Å². The van der Waals surface area contributed by atoms with Crippen LogP contribution in [0, 0.1) is 0 Å². The maximum absolute atomic E-state index is 10.1. The zero-order valence-corrected chi connectivity index (χ0v) is 8.95. The van der Waals surface area contributed by atoms with Crippen LogP contribution in [0.4, 0.5) is 0 Å². The lowest BCUT2D eigenvalue weighted by Gasteiger charge is -2.09. The number of hydrogen-bond donors (Lipinski definition) is 2. The average molecular weight is 231 g/mol. The molecule has 0 bridgehead atoms. The molecule has 0 rings (SSSR count). The maximum Gasteiger partial charge on any atom is 0.0968 e. The molecule has 1 atom stereocenters. The van der Waals surface area contributed by atoms with Crippen molar-refractivity contribution in [3.05, 3.63) is 0 Å². The van der Waals surface area contributed by atoms with Gasteiger partial charge in [-0.05, 0) is 0 Å². The zero-order chi connectivity index (χ0) is 9.61. The highest BCUT2D eigenvalue weighted by atomic mass is 32.2. The third-order valence-corrected chi connectivity index (χ3v) is 2.73. The summed E-state index contributed by atoms with van der Waals surface area (Å²) >= 11 is 7.98. The molecule has 0 spiro atoms. The van der Waals surface area contributed by atoms with Gasteiger partial charge in [-0.2, -0.15) is 25.3 Å². The first kappa shape index (κ1) is 12.6. The quantitative estimate of drug-likeness (QED) is 0.377. The molecule has 0 aliphatic carbocycles. The van der Waals surface area contributed by atoms with E-state index in [9.17, 15) is 13.0 Å². The van der Waals surface area contributed by atoms with Crippen LogP contribution in [0.15, 0.2) is 0 Å². The molecular formula is C5H11O4S3-. The van der Waals surface area contributed by atoms with E-state index in [4.69, 9.17) is 4.74 Å². The highest BCUT2D eigenvalue weighted by Crippen LogP contribution is 1.97. The molecule has 74 valence electrons. The van der Waals surface area contributed by atoms with Crippen LogP contribution in [0.2, 0.25) is 0 Å². The van der Waals surface area contributed by atoms with E-state index in [-0.39, 0.29) is 11.9 Å². The van der Waals surface area contributed by atoms with E-state index in [0.29, 0.717) is 12.4 Å². The maximum atomic E-state index is 10.1. The van der Waals surface area contributed by atoms with Crippen LogP contribution in [0.25, 0.3) is 0 Å². The molecule has 0 aromatic rings. The van der Waals surface area contributed by atoms with E-state index in [2.05, 4.69) is 25.3 Å². The Bertz CT molecular complexity index is 201. The number of thiol groups is 2. The minimum atomic E-state index is -4.15. The van der Waals surface area contributed by atoms with E-state index in [1.165, 1.54) is 0 Å². The predicted octanol–water partition coefficient (Wildman–Crippen LogP) is -0.224. The van der Waals surface area contributed by atoms with Crippen LogP contribution in [-0.4, -0.2) is 42.9 Å². The normalized spacial score (nSPS) is 14.6. The van der Waals surface area contributed by atoms with Crippen molar-refractivity contribution in [2.45, 2.75) is 5.25 Å². The predicted molar refractivity (Wildman–Crippen MR) is 52.0 cm³/mol. The van der Waals surface area contributed by atoms with Gasteiger partial charge in [0.1, 0.15) is 0 Å². The molecule has 4 nitrogen and oxygen atoms in total. The fourth-order valence-corrected chi connectivity index (χ4v) is 0.966. The second-order valence-electron chi connectivity index (χ2n) is 2.17. The first-order chi connectivity index (χ1) is 5.45. The van der Waals surface area contributed by atoms with Gasteiger partial charge in [-0.15, -0.1) is 0 Å². The Balaban J connectivity index is 3.34. The molecule has 7 heteroatoms. The SMILES string of the molecule is O=S(=O)([O-])CCOCC(S)CS. The van der Waals surface area contributed by atoms with Gasteiger partial charge < -0.3 is 9.29 Å². The summed E-state index contributed by atoms with van der Waals surface area (Å²) in [6.45, 7) is 0.235. The van der Waals surface area contributed by atoms with Crippen molar-refractivity contribution in [3.8, 4) is 0 Å². The molecule has 0 aromatic heterocycles. The van der Waals surface area contributed by atoms with Gasteiger partial charge in [0.25, 0.3) is 0 Å². The lowest BCUT2D eigenvalue weighted by molar-refractivity contribution is 0.152. The van der Waals surface area contributed by atoms with E-state index >= 15 is 0 Å². The molecule has 12 heavy (non-hydrogen) atoms. The Hall–Kier alpha value is 0.570. The van der Waals surface area contributed by atoms with Crippen LogP contribution in [0.5, 0.6) is 0 Å². The summed E-state index contributed by atoms with van der Waals surface area (Å²) in [7, 11) is -4.15. The Kier molecular flexibility index (Phi) is 6.38. The van der Waals surface area contributed by atoms with Crippen LogP contribution in [0.3, 0.4) is 0 Å². The Morgan fingerprint density at radius 3 is 2.50 bits per heavy atom. The highest BCUT2D eigenvalue weighted by Gasteiger charge is 2.00. The molecule has 0 saturated heterocycles. The van der Waals surface area contributed by atoms with Crippen molar-refractivity contribution < 1.29 is 17.7 Å². The van der Waals surface area contributed by atoms with Gasteiger partial charge in [-0.25, -0.2) is 8.42 Å². The van der Waals surface area contributed by atoms with Crippen LogP contribution in [0.1, 0.15) is 0 Å². The van der Waals surface area contributed by atoms with E-state index in [0.717, 1.165) is 0 Å². The highest BCUT2D eigenvalue weighted by molar-refractivity contribution is 7.85. The van der Waals surface area contributed by atoms with Gasteiger partial charge in [-0.3, -0.25) is 0 Å². The molecule has 0 aliphatic rings. The molecule has 0 saturated carbocycles. The van der Waals surface area contributed by atoms with Gasteiger partial charge in [0.2, 0.25) is 0 Å². The second-order valence-corrected chi connectivity index (χ2v) is 4.79. The monoisotopic (exact) mass is 231 g/mol. The number of ether oxygens (including phenoxy) is 1. The topological polar surface area (TPSA) is 66.4 Å². The molecule has 0 N–H and O–H groups in total. The van der Waals surface area contributed by atoms with Gasteiger partial charge in [-0.1, -0.05) is 0 Å². The lowest BCUT2D eigenvalue weighted by atomic mass is 10.5. The van der Waals surface area contributed by atoms with Crippen molar-refractivity contribution in [1.29, 1.82) is 0 Å². The van der Waals surface area contributed by atoms with Crippen LogP contribution >= 0.6 is 25.3 Å². The minimum Gasteiger partial charge on any atom is -0.748 e. The van der Waals surface area contributed by atoms with E-state index < -0.39 is 15.9 Å². The number of hydrogen-bond acceptors (Lipinski definition) is 6. The average Bonchev–Trinajstić information content (AvgIpc) is 1.96. The summed E-state index contributed by atoms with van der Waals surface area (Å²) in [5.41, 5.74) is 0. The molecule has 0 aliphatic heterocycles. The molecule has 0 aromatic carbocycles. The van der Waals surface area contributed by atoms with Crippen molar-refractivity contribution in [2.24, 2.45) is 0 Å². The Labute approximate surface area is 83.3 Å². The second kappa shape index (κ2) is 6.09. The van der Waals surface area contributed by atoms with E-state index in [1.807, 2.05) is 0 Å².